The zero-order valence-corrected chi connectivity index (χ0v) is 18.2. The highest BCUT2D eigenvalue weighted by molar-refractivity contribution is 5.79. The molecule has 7 nitrogen and oxygen atoms in total. The highest BCUT2D eigenvalue weighted by Gasteiger charge is 2.25. The molecule has 0 N–H and O–H groups in total. The summed E-state index contributed by atoms with van der Waals surface area (Å²) in [6, 6.07) is 6.45. The van der Waals surface area contributed by atoms with Crippen molar-refractivity contribution < 1.29 is 9.32 Å². The van der Waals surface area contributed by atoms with Gasteiger partial charge in [-0.1, -0.05) is 30.3 Å². The van der Waals surface area contributed by atoms with Crippen molar-refractivity contribution >= 4 is 17.2 Å². The number of benzene rings is 1. The molecule has 1 fully saturated rings. The van der Waals surface area contributed by atoms with Crippen molar-refractivity contribution in [1.82, 2.24) is 19.9 Å². The van der Waals surface area contributed by atoms with E-state index in [1.54, 1.807) is 0 Å². The van der Waals surface area contributed by atoms with Crippen LogP contribution in [0.25, 0.3) is 5.57 Å². The van der Waals surface area contributed by atoms with Gasteiger partial charge in [0.2, 0.25) is 11.8 Å². The third kappa shape index (κ3) is 4.41. The predicted octanol–water partition coefficient (Wildman–Crippen LogP) is 2.69. The van der Waals surface area contributed by atoms with Gasteiger partial charge in [0.05, 0.1) is 6.54 Å². The van der Waals surface area contributed by atoms with E-state index in [9.17, 15) is 4.79 Å². The Bertz CT molecular complexity index is 927. The number of piperazine rings is 1. The molecule has 0 aliphatic carbocycles. The zero-order valence-electron chi connectivity index (χ0n) is 18.2. The number of hydrogen-bond acceptors (Lipinski definition) is 6. The molecule has 0 radical (unpaired) electrons. The van der Waals surface area contributed by atoms with Gasteiger partial charge in [-0.25, -0.2) is 0 Å². The Labute approximate surface area is 178 Å². The van der Waals surface area contributed by atoms with Crippen LogP contribution in [0.5, 0.6) is 0 Å². The quantitative estimate of drug-likeness (QED) is 0.757. The average molecular weight is 410 g/mol. The average Bonchev–Trinajstić information content (AvgIpc) is 3.26. The van der Waals surface area contributed by atoms with Crippen LogP contribution in [0.2, 0.25) is 0 Å². The third-order valence-corrected chi connectivity index (χ3v) is 6.26. The molecule has 4 rings (SSSR count). The first-order valence-corrected chi connectivity index (χ1v) is 10.9. The van der Waals surface area contributed by atoms with Crippen LogP contribution in [0, 0.1) is 13.8 Å². The second-order valence-electron chi connectivity index (χ2n) is 8.17. The van der Waals surface area contributed by atoms with Crippen LogP contribution in [-0.4, -0.2) is 71.7 Å². The van der Waals surface area contributed by atoms with Gasteiger partial charge in [0, 0.05) is 51.4 Å². The number of amides is 1. The Morgan fingerprint density at radius 1 is 1.13 bits per heavy atom. The van der Waals surface area contributed by atoms with Gasteiger partial charge < -0.3 is 14.3 Å². The topological polar surface area (TPSA) is 65.7 Å². The number of hydrogen-bond donors (Lipinski definition) is 0. The Kier molecular flexibility index (Phi) is 6.18. The first-order chi connectivity index (χ1) is 14.5. The molecule has 0 atom stereocenters. The van der Waals surface area contributed by atoms with Crippen LogP contribution in [0.15, 0.2) is 28.8 Å². The molecule has 0 saturated carbocycles. The molecule has 1 amide bonds. The Hall–Kier alpha value is -2.67. The lowest BCUT2D eigenvalue weighted by Crippen LogP contribution is -2.51. The molecule has 1 saturated heterocycles. The molecule has 0 spiro atoms. The van der Waals surface area contributed by atoms with Crippen LogP contribution in [0.4, 0.5) is 5.69 Å². The van der Waals surface area contributed by atoms with E-state index in [2.05, 4.69) is 58.1 Å². The molecule has 0 bridgehead atoms. The highest BCUT2D eigenvalue weighted by Crippen LogP contribution is 2.24. The van der Waals surface area contributed by atoms with Crippen LogP contribution >= 0.6 is 0 Å². The molecule has 2 aliphatic heterocycles. The summed E-state index contributed by atoms with van der Waals surface area (Å²) in [6.07, 6.45) is 3.72. The van der Waals surface area contributed by atoms with E-state index in [0.717, 1.165) is 57.7 Å². The minimum atomic E-state index is 0.222. The number of rotatable bonds is 5. The molecule has 160 valence electrons. The second-order valence-corrected chi connectivity index (χ2v) is 8.17. The van der Waals surface area contributed by atoms with Gasteiger partial charge in [0.1, 0.15) is 0 Å². The van der Waals surface area contributed by atoms with Gasteiger partial charge >= 0.3 is 0 Å². The first-order valence-electron chi connectivity index (χ1n) is 10.9. The molecule has 7 heteroatoms. The molecular formula is C23H31N5O2. The first kappa shape index (κ1) is 20.6. The lowest BCUT2D eigenvalue weighted by molar-refractivity contribution is -0.132. The maximum atomic E-state index is 12.8. The van der Waals surface area contributed by atoms with E-state index in [-0.39, 0.29) is 5.91 Å². The van der Waals surface area contributed by atoms with Crippen molar-refractivity contribution in [3.05, 3.63) is 47.1 Å². The van der Waals surface area contributed by atoms with Crippen molar-refractivity contribution in [3.63, 3.8) is 0 Å². The van der Waals surface area contributed by atoms with Gasteiger partial charge in [-0.05, 0) is 43.0 Å². The molecule has 2 aromatic rings. The molecule has 3 heterocycles. The molecule has 0 unspecified atom stereocenters. The third-order valence-electron chi connectivity index (χ3n) is 6.26. The van der Waals surface area contributed by atoms with E-state index in [0.29, 0.717) is 18.3 Å². The summed E-state index contributed by atoms with van der Waals surface area (Å²) in [5, 5.41) is 4.06. The molecule has 1 aromatic heterocycles. The number of aryl methyl sites for hydroxylation is 2. The summed E-state index contributed by atoms with van der Waals surface area (Å²) in [7, 11) is 0. The number of carbonyl (C=O) groups excluding carboxylic acids is 1. The molecule has 2 aliphatic rings. The Balaban J connectivity index is 1.28. The maximum Gasteiger partial charge on any atom is 0.236 e. The Morgan fingerprint density at radius 2 is 1.93 bits per heavy atom. The maximum absolute atomic E-state index is 12.8. The van der Waals surface area contributed by atoms with Gasteiger partial charge in [-0.2, -0.15) is 4.98 Å². The fourth-order valence-electron chi connectivity index (χ4n) is 4.15. The molecular weight excluding hydrogens is 378 g/mol. The molecule has 30 heavy (non-hydrogen) atoms. The van der Waals surface area contributed by atoms with Crippen molar-refractivity contribution in [3.8, 4) is 0 Å². The largest absolute Gasteiger partial charge is 0.368 e. The Morgan fingerprint density at radius 3 is 2.60 bits per heavy atom. The van der Waals surface area contributed by atoms with E-state index < -0.39 is 0 Å². The van der Waals surface area contributed by atoms with Crippen molar-refractivity contribution in [2.24, 2.45) is 0 Å². The number of nitrogens with zero attached hydrogens (tertiary/aromatic N) is 5. The second kappa shape index (κ2) is 9.00. The zero-order chi connectivity index (χ0) is 21.1. The summed E-state index contributed by atoms with van der Waals surface area (Å²) >= 11 is 0. The minimum absolute atomic E-state index is 0.222. The van der Waals surface area contributed by atoms with Crippen LogP contribution in [-0.2, 0) is 11.2 Å². The van der Waals surface area contributed by atoms with Crippen molar-refractivity contribution in [1.29, 1.82) is 0 Å². The van der Waals surface area contributed by atoms with E-state index in [1.165, 1.54) is 16.8 Å². The molecule has 1 aromatic carbocycles. The van der Waals surface area contributed by atoms with E-state index in [1.807, 2.05) is 11.8 Å². The predicted molar refractivity (Wildman–Crippen MR) is 117 cm³/mol. The fourth-order valence-corrected chi connectivity index (χ4v) is 4.15. The summed E-state index contributed by atoms with van der Waals surface area (Å²) in [5.41, 5.74) is 5.06. The minimum Gasteiger partial charge on any atom is -0.368 e. The van der Waals surface area contributed by atoms with Gasteiger partial charge in [0.25, 0.3) is 0 Å². The summed E-state index contributed by atoms with van der Waals surface area (Å²) < 4.78 is 5.21. The van der Waals surface area contributed by atoms with Crippen molar-refractivity contribution in [2.45, 2.75) is 33.6 Å². The number of carbonyl (C=O) groups is 1. The number of anilines is 1. The SMILES string of the molecule is CCc1nc(C2=CCN(CC(=O)N3CCN(c4cccc(C)c4C)CC3)CC2)no1. The summed E-state index contributed by atoms with van der Waals surface area (Å²) in [5.74, 6) is 1.59. The summed E-state index contributed by atoms with van der Waals surface area (Å²) in [4.78, 5) is 23.8. The highest BCUT2D eigenvalue weighted by atomic mass is 16.5. The number of aromatic nitrogens is 2. The van der Waals surface area contributed by atoms with Gasteiger partial charge in [0.15, 0.2) is 5.82 Å². The fraction of sp³-hybridized carbons (Fsp3) is 0.522. The smallest absolute Gasteiger partial charge is 0.236 e. The lowest BCUT2D eigenvalue weighted by atomic mass is 10.1. The van der Waals surface area contributed by atoms with Gasteiger partial charge in [-0.15, -0.1) is 0 Å². The standard InChI is InChI=1S/C23H31N5O2/c1-4-21-24-23(25-30-21)19-8-10-26(11-9-19)16-22(29)28-14-12-27(13-15-28)20-7-5-6-17(2)18(20)3/h5-8H,4,9-16H2,1-3H3. The van der Waals surface area contributed by atoms with E-state index >= 15 is 0 Å². The van der Waals surface area contributed by atoms with Crippen LogP contribution < -0.4 is 4.90 Å². The van der Waals surface area contributed by atoms with Crippen LogP contribution in [0.3, 0.4) is 0 Å². The van der Waals surface area contributed by atoms with Gasteiger partial charge in [-0.3, -0.25) is 9.69 Å². The summed E-state index contributed by atoms with van der Waals surface area (Å²) in [6.45, 7) is 11.7. The monoisotopic (exact) mass is 409 g/mol. The normalized spacial score (nSPS) is 17.9. The lowest BCUT2D eigenvalue weighted by Gasteiger charge is -2.38. The van der Waals surface area contributed by atoms with Crippen LogP contribution in [0.1, 0.15) is 36.2 Å². The van der Waals surface area contributed by atoms with Crippen molar-refractivity contribution in [2.75, 3.05) is 50.7 Å². The van der Waals surface area contributed by atoms with E-state index in [4.69, 9.17) is 4.52 Å².